The molecule has 0 radical (unpaired) electrons. The summed E-state index contributed by atoms with van der Waals surface area (Å²) >= 11 is 0. The molecule has 0 saturated heterocycles. The monoisotopic (exact) mass is 233 g/mol. The van der Waals surface area contributed by atoms with Gasteiger partial charge in [-0.15, -0.1) is 0 Å². The van der Waals surface area contributed by atoms with Gasteiger partial charge < -0.3 is 15.4 Å². The predicted molar refractivity (Wildman–Crippen MR) is 68.6 cm³/mol. The number of aryl methyl sites for hydroxylation is 2. The van der Waals surface area contributed by atoms with Gasteiger partial charge in [0.2, 0.25) is 0 Å². The molecular formula is C13H19N3O. The summed E-state index contributed by atoms with van der Waals surface area (Å²) < 4.78 is 2.08. The van der Waals surface area contributed by atoms with Crippen molar-refractivity contribution in [3.05, 3.63) is 29.6 Å². The standard InChI is InChI=1S/C13H19N3O/c1-9(17)3-6-13-15-11-5-4-10(8-14)7-12(11)16(13)2/h4-5,7,9,17H,3,6,8,14H2,1-2H3. The van der Waals surface area contributed by atoms with Gasteiger partial charge in [0.25, 0.3) is 0 Å². The molecule has 92 valence electrons. The molecule has 0 aliphatic heterocycles. The Bertz CT molecular complexity index is 517. The van der Waals surface area contributed by atoms with Crippen LogP contribution in [0.3, 0.4) is 0 Å². The molecule has 4 heteroatoms. The van der Waals surface area contributed by atoms with Crippen LogP contribution in [0, 0.1) is 0 Å². The van der Waals surface area contributed by atoms with E-state index in [4.69, 9.17) is 5.73 Å². The molecule has 0 aliphatic rings. The summed E-state index contributed by atoms with van der Waals surface area (Å²) in [6, 6.07) is 6.09. The molecule has 1 atom stereocenters. The van der Waals surface area contributed by atoms with Crippen LogP contribution in [0.15, 0.2) is 18.2 Å². The van der Waals surface area contributed by atoms with Gasteiger partial charge in [-0.05, 0) is 31.0 Å². The van der Waals surface area contributed by atoms with E-state index in [1.54, 1.807) is 6.92 Å². The van der Waals surface area contributed by atoms with Crippen LogP contribution < -0.4 is 5.73 Å². The van der Waals surface area contributed by atoms with E-state index in [2.05, 4.69) is 15.6 Å². The van der Waals surface area contributed by atoms with Crippen LogP contribution in [0.5, 0.6) is 0 Å². The molecule has 1 heterocycles. The molecule has 1 unspecified atom stereocenters. The zero-order valence-electron chi connectivity index (χ0n) is 10.3. The number of fused-ring (bicyclic) bond motifs is 1. The molecule has 0 bridgehead atoms. The van der Waals surface area contributed by atoms with Crippen molar-refractivity contribution in [2.24, 2.45) is 12.8 Å². The van der Waals surface area contributed by atoms with Crippen LogP contribution in [0.1, 0.15) is 24.7 Å². The summed E-state index contributed by atoms with van der Waals surface area (Å²) in [6.45, 7) is 2.35. The fourth-order valence-electron chi connectivity index (χ4n) is 1.97. The number of aromatic nitrogens is 2. The number of aliphatic hydroxyl groups excluding tert-OH is 1. The first-order valence-electron chi connectivity index (χ1n) is 5.94. The first kappa shape index (κ1) is 12.1. The SMILES string of the molecule is CC(O)CCc1nc2ccc(CN)cc2n1C. The van der Waals surface area contributed by atoms with Gasteiger partial charge in [0.05, 0.1) is 17.1 Å². The molecule has 0 spiro atoms. The predicted octanol–water partition coefficient (Wildman–Crippen LogP) is 1.35. The van der Waals surface area contributed by atoms with Crippen molar-refractivity contribution in [3.8, 4) is 0 Å². The van der Waals surface area contributed by atoms with Gasteiger partial charge in [-0.25, -0.2) is 4.98 Å². The Morgan fingerprint density at radius 1 is 1.47 bits per heavy atom. The van der Waals surface area contributed by atoms with Crippen LogP contribution in [-0.4, -0.2) is 20.8 Å². The largest absolute Gasteiger partial charge is 0.393 e. The van der Waals surface area contributed by atoms with Crippen LogP contribution >= 0.6 is 0 Å². The summed E-state index contributed by atoms with van der Waals surface area (Å²) in [5.41, 5.74) is 8.84. The quantitative estimate of drug-likeness (QED) is 0.837. The molecule has 2 aromatic rings. The first-order chi connectivity index (χ1) is 8.11. The normalized spacial score (nSPS) is 13.2. The Morgan fingerprint density at radius 2 is 2.24 bits per heavy atom. The summed E-state index contributed by atoms with van der Waals surface area (Å²) in [5, 5.41) is 9.31. The molecule has 0 fully saturated rings. The van der Waals surface area contributed by atoms with E-state index in [-0.39, 0.29) is 6.10 Å². The van der Waals surface area contributed by atoms with Crippen LogP contribution in [0.25, 0.3) is 11.0 Å². The lowest BCUT2D eigenvalue weighted by Gasteiger charge is -2.04. The van der Waals surface area contributed by atoms with E-state index >= 15 is 0 Å². The highest BCUT2D eigenvalue weighted by molar-refractivity contribution is 5.76. The van der Waals surface area contributed by atoms with Gasteiger partial charge >= 0.3 is 0 Å². The lowest BCUT2D eigenvalue weighted by atomic mass is 10.2. The fraction of sp³-hybridized carbons (Fsp3) is 0.462. The molecule has 17 heavy (non-hydrogen) atoms. The van der Waals surface area contributed by atoms with Crippen molar-refractivity contribution in [1.29, 1.82) is 0 Å². The third-order valence-corrected chi connectivity index (χ3v) is 3.06. The smallest absolute Gasteiger partial charge is 0.109 e. The Morgan fingerprint density at radius 3 is 2.88 bits per heavy atom. The molecule has 1 aromatic carbocycles. The highest BCUT2D eigenvalue weighted by Gasteiger charge is 2.08. The summed E-state index contributed by atoms with van der Waals surface area (Å²) in [6.07, 6.45) is 1.25. The van der Waals surface area contributed by atoms with Crippen LogP contribution in [0.4, 0.5) is 0 Å². The van der Waals surface area contributed by atoms with E-state index in [1.165, 1.54) is 0 Å². The zero-order valence-corrected chi connectivity index (χ0v) is 10.3. The van der Waals surface area contributed by atoms with Gasteiger partial charge in [0.1, 0.15) is 5.82 Å². The molecule has 0 amide bonds. The van der Waals surface area contributed by atoms with Crippen molar-refractivity contribution >= 4 is 11.0 Å². The number of nitrogens with zero attached hydrogens (tertiary/aromatic N) is 2. The molecular weight excluding hydrogens is 214 g/mol. The van der Waals surface area contributed by atoms with Gasteiger partial charge in [-0.2, -0.15) is 0 Å². The number of aliphatic hydroxyl groups is 1. The second-order valence-electron chi connectivity index (χ2n) is 4.50. The van der Waals surface area contributed by atoms with E-state index in [0.29, 0.717) is 6.54 Å². The van der Waals surface area contributed by atoms with Gasteiger partial charge in [0.15, 0.2) is 0 Å². The van der Waals surface area contributed by atoms with E-state index in [0.717, 1.165) is 35.3 Å². The Labute approximate surface area is 101 Å². The topological polar surface area (TPSA) is 64.1 Å². The van der Waals surface area contributed by atoms with Crippen LogP contribution in [0.2, 0.25) is 0 Å². The number of imidazole rings is 1. The lowest BCUT2D eigenvalue weighted by molar-refractivity contribution is 0.184. The number of hydrogen-bond acceptors (Lipinski definition) is 3. The minimum absolute atomic E-state index is 0.283. The number of benzene rings is 1. The van der Waals surface area contributed by atoms with Crippen molar-refractivity contribution in [3.63, 3.8) is 0 Å². The Kier molecular flexibility index (Phi) is 3.45. The average Bonchev–Trinajstić information content (AvgIpc) is 2.63. The summed E-state index contributed by atoms with van der Waals surface area (Å²) in [4.78, 5) is 4.57. The maximum Gasteiger partial charge on any atom is 0.109 e. The minimum Gasteiger partial charge on any atom is -0.393 e. The van der Waals surface area contributed by atoms with E-state index < -0.39 is 0 Å². The zero-order chi connectivity index (χ0) is 12.4. The average molecular weight is 233 g/mol. The second-order valence-corrected chi connectivity index (χ2v) is 4.50. The number of hydrogen-bond donors (Lipinski definition) is 2. The summed E-state index contributed by atoms with van der Waals surface area (Å²) in [7, 11) is 2.01. The molecule has 2 rings (SSSR count). The molecule has 0 saturated carbocycles. The van der Waals surface area contributed by atoms with Crippen LogP contribution in [-0.2, 0) is 20.0 Å². The third-order valence-electron chi connectivity index (χ3n) is 3.06. The van der Waals surface area contributed by atoms with E-state index in [1.807, 2.05) is 19.2 Å². The Balaban J connectivity index is 2.35. The highest BCUT2D eigenvalue weighted by atomic mass is 16.3. The molecule has 3 N–H and O–H groups in total. The maximum absolute atomic E-state index is 9.31. The lowest BCUT2D eigenvalue weighted by Crippen LogP contribution is -2.05. The van der Waals surface area contributed by atoms with Gasteiger partial charge in [0, 0.05) is 20.0 Å². The summed E-state index contributed by atoms with van der Waals surface area (Å²) in [5.74, 6) is 1.01. The Hall–Kier alpha value is -1.39. The second kappa shape index (κ2) is 4.85. The first-order valence-corrected chi connectivity index (χ1v) is 5.94. The highest BCUT2D eigenvalue weighted by Crippen LogP contribution is 2.18. The van der Waals surface area contributed by atoms with E-state index in [9.17, 15) is 5.11 Å². The number of rotatable bonds is 4. The van der Waals surface area contributed by atoms with Gasteiger partial charge in [-0.3, -0.25) is 0 Å². The molecule has 4 nitrogen and oxygen atoms in total. The molecule has 1 aromatic heterocycles. The van der Waals surface area contributed by atoms with Crippen molar-refractivity contribution in [2.45, 2.75) is 32.4 Å². The third kappa shape index (κ3) is 2.48. The van der Waals surface area contributed by atoms with Crippen molar-refractivity contribution < 1.29 is 5.11 Å². The minimum atomic E-state index is -0.283. The molecule has 0 aliphatic carbocycles. The van der Waals surface area contributed by atoms with Gasteiger partial charge in [-0.1, -0.05) is 6.07 Å². The number of nitrogens with two attached hydrogens (primary N) is 1. The maximum atomic E-state index is 9.31. The fourth-order valence-corrected chi connectivity index (χ4v) is 1.97. The van der Waals surface area contributed by atoms with Crippen molar-refractivity contribution in [1.82, 2.24) is 9.55 Å². The van der Waals surface area contributed by atoms with Crippen molar-refractivity contribution in [2.75, 3.05) is 0 Å².